The van der Waals surface area contributed by atoms with Crippen LogP contribution in [0.1, 0.15) is 25.7 Å². The monoisotopic (exact) mass is 443 g/mol. The highest BCUT2D eigenvalue weighted by molar-refractivity contribution is 7.90. The van der Waals surface area contributed by atoms with Gasteiger partial charge in [-0.05, 0) is 49.3 Å². The van der Waals surface area contributed by atoms with Crippen molar-refractivity contribution in [3.05, 3.63) is 48.2 Å². The van der Waals surface area contributed by atoms with E-state index in [0.717, 1.165) is 38.8 Å². The summed E-state index contributed by atoms with van der Waals surface area (Å²) in [7, 11) is -3.57. The molecule has 3 aliphatic heterocycles. The summed E-state index contributed by atoms with van der Waals surface area (Å²) in [6.07, 6.45) is 9.28. The lowest BCUT2D eigenvalue weighted by molar-refractivity contribution is -0.112. The number of hydrogen-bond donors (Lipinski definition) is 2. The number of nitrogens with zero attached hydrogens (tertiary/aromatic N) is 3. The average molecular weight is 444 g/mol. The van der Waals surface area contributed by atoms with Crippen LogP contribution in [0.5, 0.6) is 0 Å². The van der Waals surface area contributed by atoms with Gasteiger partial charge in [-0.2, -0.15) is 0 Å². The van der Waals surface area contributed by atoms with Crippen molar-refractivity contribution in [1.29, 1.82) is 0 Å². The molecule has 3 aliphatic rings. The maximum absolute atomic E-state index is 12.7. The van der Waals surface area contributed by atoms with E-state index in [0.29, 0.717) is 11.4 Å². The third kappa shape index (κ3) is 5.13. The van der Waals surface area contributed by atoms with Gasteiger partial charge in [0.1, 0.15) is 0 Å². The van der Waals surface area contributed by atoms with E-state index < -0.39 is 15.9 Å². The first-order chi connectivity index (χ1) is 14.9. The Morgan fingerprint density at radius 2 is 1.55 bits per heavy atom. The summed E-state index contributed by atoms with van der Waals surface area (Å²) in [6, 6.07) is 6.69. The molecule has 10 heteroatoms. The highest BCUT2D eigenvalue weighted by atomic mass is 32.2. The standard InChI is InChI=1S/C21H25N5O4S/c27-20(18-6-5-13-25-14-15-31(29,30)24-19(18)25)22-16-7-9-17(10-8-16)23-21(28)26-11-3-1-2-4-12-26/h5-10,13H,1-4,11-12,14-15H2,(H,22,27)(H,23,28). The number of allylic oxidation sites excluding steroid dienone is 2. The number of amides is 3. The minimum Gasteiger partial charge on any atom is -0.331 e. The summed E-state index contributed by atoms with van der Waals surface area (Å²) in [5, 5.41) is 5.65. The lowest BCUT2D eigenvalue weighted by Crippen LogP contribution is -2.40. The zero-order valence-electron chi connectivity index (χ0n) is 17.1. The lowest BCUT2D eigenvalue weighted by atomic mass is 10.1. The maximum atomic E-state index is 12.7. The SMILES string of the molecule is O=C(Nc1ccc(NC(=O)N2CCCCCC2)cc1)C1=CC=CN2CCS(=O)(=O)N=C12. The number of carbonyl (C=O) groups excluding carboxylic acids is 2. The number of anilines is 2. The van der Waals surface area contributed by atoms with E-state index in [2.05, 4.69) is 15.0 Å². The number of rotatable bonds is 3. The molecule has 0 aromatic heterocycles. The molecule has 0 spiro atoms. The molecular formula is C21H25N5O4S. The molecule has 4 rings (SSSR count). The van der Waals surface area contributed by atoms with E-state index in [-0.39, 0.29) is 29.7 Å². The minimum absolute atomic E-state index is 0.0830. The van der Waals surface area contributed by atoms with E-state index in [9.17, 15) is 18.0 Å². The Labute approximate surface area is 181 Å². The van der Waals surface area contributed by atoms with Gasteiger partial charge in [-0.3, -0.25) is 4.79 Å². The fourth-order valence-electron chi connectivity index (χ4n) is 3.71. The van der Waals surface area contributed by atoms with Crippen LogP contribution in [0.15, 0.2) is 52.6 Å². The van der Waals surface area contributed by atoms with E-state index in [1.165, 1.54) is 0 Å². The molecule has 0 saturated carbocycles. The number of benzene rings is 1. The number of carbonyl (C=O) groups is 2. The second-order valence-corrected chi connectivity index (χ2v) is 9.43. The smallest absolute Gasteiger partial charge is 0.321 e. The van der Waals surface area contributed by atoms with E-state index in [1.807, 2.05) is 4.90 Å². The number of likely N-dealkylation sites (tertiary alicyclic amines) is 1. The summed E-state index contributed by atoms with van der Waals surface area (Å²) in [6.45, 7) is 1.79. The molecule has 0 bridgehead atoms. The van der Waals surface area contributed by atoms with Gasteiger partial charge in [0.25, 0.3) is 15.9 Å². The van der Waals surface area contributed by atoms with Gasteiger partial charge in [0.15, 0.2) is 5.84 Å². The molecule has 1 aromatic rings. The van der Waals surface area contributed by atoms with Crippen molar-refractivity contribution < 1.29 is 18.0 Å². The average Bonchev–Trinajstić information content (AvgIpc) is 3.04. The van der Waals surface area contributed by atoms with Gasteiger partial charge in [-0.15, -0.1) is 4.40 Å². The van der Waals surface area contributed by atoms with Crippen LogP contribution in [0, 0.1) is 0 Å². The van der Waals surface area contributed by atoms with Crippen LogP contribution in [0.4, 0.5) is 16.2 Å². The molecule has 3 heterocycles. The van der Waals surface area contributed by atoms with Crippen LogP contribution in [-0.2, 0) is 14.8 Å². The molecule has 31 heavy (non-hydrogen) atoms. The number of nitrogens with one attached hydrogen (secondary N) is 2. The Morgan fingerprint density at radius 1 is 0.903 bits per heavy atom. The maximum Gasteiger partial charge on any atom is 0.321 e. The van der Waals surface area contributed by atoms with Crippen molar-refractivity contribution in [2.75, 3.05) is 36.0 Å². The molecule has 0 radical (unpaired) electrons. The molecule has 2 N–H and O–H groups in total. The highest BCUT2D eigenvalue weighted by Crippen LogP contribution is 2.21. The molecule has 0 unspecified atom stereocenters. The van der Waals surface area contributed by atoms with E-state index in [4.69, 9.17) is 0 Å². The Morgan fingerprint density at radius 3 is 2.23 bits per heavy atom. The second-order valence-electron chi connectivity index (χ2n) is 7.68. The van der Waals surface area contributed by atoms with E-state index in [1.54, 1.807) is 47.5 Å². The molecule has 1 fully saturated rings. The largest absolute Gasteiger partial charge is 0.331 e. The second kappa shape index (κ2) is 8.93. The predicted octanol–water partition coefficient (Wildman–Crippen LogP) is 2.53. The van der Waals surface area contributed by atoms with Crippen molar-refractivity contribution >= 4 is 39.2 Å². The lowest BCUT2D eigenvalue weighted by Gasteiger charge is -2.28. The fourth-order valence-corrected chi connectivity index (χ4v) is 4.69. The summed E-state index contributed by atoms with van der Waals surface area (Å²) >= 11 is 0. The fraction of sp³-hybridized carbons (Fsp3) is 0.381. The van der Waals surface area contributed by atoms with Crippen molar-refractivity contribution in [1.82, 2.24) is 9.80 Å². The van der Waals surface area contributed by atoms with Crippen molar-refractivity contribution in [3.63, 3.8) is 0 Å². The number of urea groups is 1. The van der Waals surface area contributed by atoms with Crippen LogP contribution in [-0.4, -0.2) is 61.4 Å². The summed E-state index contributed by atoms with van der Waals surface area (Å²) in [5.74, 6) is -0.403. The number of fused-ring (bicyclic) bond motifs is 1. The zero-order chi connectivity index (χ0) is 21.8. The van der Waals surface area contributed by atoms with Crippen LogP contribution in [0.3, 0.4) is 0 Å². The van der Waals surface area contributed by atoms with Crippen LogP contribution < -0.4 is 10.6 Å². The van der Waals surface area contributed by atoms with Gasteiger partial charge in [-0.1, -0.05) is 12.8 Å². The Hall–Kier alpha value is -3.14. The number of amidine groups is 1. The third-order valence-electron chi connectivity index (χ3n) is 5.39. The highest BCUT2D eigenvalue weighted by Gasteiger charge is 2.30. The molecule has 164 valence electrons. The number of hydrogen-bond acceptors (Lipinski definition) is 5. The molecule has 3 amide bonds. The van der Waals surface area contributed by atoms with E-state index >= 15 is 0 Å². The van der Waals surface area contributed by atoms with Gasteiger partial charge in [0.2, 0.25) is 0 Å². The molecule has 1 saturated heterocycles. The normalized spacial score (nSPS) is 20.1. The predicted molar refractivity (Wildman–Crippen MR) is 119 cm³/mol. The number of sulfonamides is 1. The van der Waals surface area contributed by atoms with Gasteiger partial charge in [0, 0.05) is 37.2 Å². The third-order valence-corrected chi connectivity index (χ3v) is 6.54. The Bertz CT molecular complexity index is 1050. The quantitative estimate of drug-likeness (QED) is 0.746. The summed E-state index contributed by atoms with van der Waals surface area (Å²) < 4.78 is 27.5. The topological polar surface area (TPSA) is 111 Å². The molecule has 9 nitrogen and oxygen atoms in total. The summed E-state index contributed by atoms with van der Waals surface area (Å²) in [4.78, 5) is 28.7. The summed E-state index contributed by atoms with van der Waals surface area (Å²) in [5.41, 5.74) is 1.35. The van der Waals surface area contributed by atoms with Gasteiger partial charge in [0.05, 0.1) is 11.3 Å². The van der Waals surface area contributed by atoms with Gasteiger partial charge >= 0.3 is 6.03 Å². The van der Waals surface area contributed by atoms with Gasteiger partial charge < -0.3 is 20.4 Å². The van der Waals surface area contributed by atoms with Crippen molar-refractivity contribution in [3.8, 4) is 0 Å². The van der Waals surface area contributed by atoms with Crippen molar-refractivity contribution in [2.45, 2.75) is 25.7 Å². The molecule has 0 aliphatic carbocycles. The molecule has 0 atom stereocenters. The van der Waals surface area contributed by atoms with Crippen molar-refractivity contribution in [2.24, 2.45) is 4.40 Å². The first-order valence-corrected chi connectivity index (χ1v) is 12.0. The van der Waals surface area contributed by atoms with Crippen LogP contribution >= 0.6 is 0 Å². The molecule has 1 aromatic carbocycles. The zero-order valence-corrected chi connectivity index (χ0v) is 17.9. The Balaban J connectivity index is 1.40. The molecular weight excluding hydrogens is 418 g/mol. The van der Waals surface area contributed by atoms with Gasteiger partial charge in [-0.25, -0.2) is 13.2 Å². The minimum atomic E-state index is -3.57. The Kier molecular flexibility index (Phi) is 6.08. The van der Waals surface area contributed by atoms with Crippen LogP contribution in [0.25, 0.3) is 0 Å². The first kappa shape index (κ1) is 21.1. The van der Waals surface area contributed by atoms with Crippen LogP contribution in [0.2, 0.25) is 0 Å². The first-order valence-electron chi connectivity index (χ1n) is 10.4.